The lowest BCUT2D eigenvalue weighted by molar-refractivity contribution is -0.125. The number of benzene rings is 5. The molecule has 0 aliphatic heterocycles. The molecule has 5 rings (SSSR count). The van der Waals surface area contributed by atoms with Crippen LogP contribution in [0.1, 0.15) is 65.6 Å². The maximum Gasteiger partial charge on any atom is 0.233 e. The Hall–Kier alpha value is -5.36. The van der Waals surface area contributed by atoms with Crippen molar-refractivity contribution in [3.8, 4) is 11.5 Å². The molecule has 0 saturated heterocycles. The van der Waals surface area contributed by atoms with Crippen molar-refractivity contribution in [2.75, 3.05) is 13.7 Å². The summed E-state index contributed by atoms with van der Waals surface area (Å²) >= 11 is 0. The fourth-order valence-electron chi connectivity index (χ4n) is 5.54. The summed E-state index contributed by atoms with van der Waals surface area (Å²) in [5, 5.41) is 6.37. The van der Waals surface area contributed by atoms with Gasteiger partial charge in [0, 0.05) is 0 Å². The lowest BCUT2D eigenvalue weighted by atomic mass is 9.89. The van der Waals surface area contributed by atoms with Gasteiger partial charge in [0.1, 0.15) is 6.17 Å². The number of rotatable bonds is 14. The van der Waals surface area contributed by atoms with Crippen molar-refractivity contribution < 1.29 is 19.1 Å². The Bertz CT molecular complexity index is 1500. The standard InChI is InChI=1S/C40H40N2O4/c1-3-4-27-46-35-28-33(25-26-34(35)45-2)38(41-39(43)36(29-17-9-5-10-18-29)30-19-11-6-12-20-30)42-40(44)37(31-21-13-7-14-22-31)32-23-15-8-16-24-32/h5-26,28,36-38H,3-4,27H2,1-2H3,(H,41,43)(H,42,44). The van der Waals surface area contributed by atoms with E-state index in [9.17, 15) is 9.59 Å². The van der Waals surface area contributed by atoms with Crippen molar-refractivity contribution in [2.24, 2.45) is 0 Å². The van der Waals surface area contributed by atoms with Gasteiger partial charge in [-0.2, -0.15) is 0 Å². The van der Waals surface area contributed by atoms with Gasteiger partial charge in [-0.05, 0) is 46.4 Å². The zero-order chi connectivity index (χ0) is 32.1. The fourth-order valence-corrected chi connectivity index (χ4v) is 5.54. The van der Waals surface area contributed by atoms with Crippen LogP contribution in [-0.4, -0.2) is 25.5 Å². The number of hydrogen-bond acceptors (Lipinski definition) is 4. The molecule has 0 aromatic heterocycles. The number of ether oxygens (including phenoxy) is 2. The van der Waals surface area contributed by atoms with Gasteiger partial charge >= 0.3 is 0 Å². The molecule has 0 bridgehead atoms. The Labute approximate surface area is 271 Å². The van der Waals surface area contributed by atoms with Gasteiger partial charge in [-0.1, -0.05) is 141 Å². The Kier molecular flexibility index (Phi) is 11.2. The molecule has 234 valence electrons. The van der Waals surface area contributed by atoms with Crippen LogP contribution in [0.25, 0.3) is 0 Å². The molecular weight excluding hydrogens is 572 g/mol. The number of carbonyl (C=O) groups is 2. The molecule has 0 aliphatic carbocycles. The topological polar surface area (TPSA) is 76.7 Å². The van der Waals surface area contributed by atoms with E-state index >= 15 is 0 Å². The van der Waals surface area contributed by atoms with E-state index < -0.39 is 18.0 Å². The third-order valence-corrected chi connectivity index (χ3v) is 7.91. The quantitative estimate of drug-likeness (QED) is 0.0993. The van der Waals surface area contributed by atoms with Crippen molar-refractivity contribution >= 4 is 11.8 Å². The highest BCUT2D eigenvalue weighted by molar-refractivity contribution is 5.90. The third-order valence-electron chi connectivity index (χ3n) is 7.91. The number of carbonyl (C=O) groups excluding carboxylic acids is 2. The van der Waals surface area contributed by atoms with Crippen molar-refractivity contribution in [3.05, 3.63) is 167 Å². The summed E-state index contributed by atoms with van der Waals surface area (Å²) in [6, 6.07) is 44.1. The molecule has 0 saturated carbocycles. The highest BCUT2D eigenvalue weighted by Crippen LogP contribution is 2.32. The predicted molar refractivity (Wildman–Crippen MR) is 182 cm³/mol. The molecule has 0 aliphatic rings. The normalized spacial score (nSPS) is 11.0. The van der Waals surface area contributed by atoms with Crippen LogP contribution in [0.5, 0.6) is 11.5 Å². The first-order valence-corrected chi connectivity index (χ1v) is 15.7. The van der Waals surface area contributed by atoms with E-state index in [0.29, 0.717) is 23.7 Å². The predicted octanol–water partition coefficient (Wildman–Crippen LogP) is 7.77. The minimum absolute atomic E-state index is 0.247. The summed E-state index contributed by atoms with van der Waals surface area (Å²) in [4.78, 5) is 28.6. The highest BCUT2D eigenvalue weighted by Gasteiger charge is 2.30. The summed E-state index contributed by atoms with van der Waals surface area (Å²) in [5.74, 6) is -0.564. The third kappa shape index (κ3) is 8.02. The average molecular weight is 613 g/mol. The molecule has 0 heterocycles. The molecule has 6 heteroatoms. The van der Waals surface area contributed by atoms with Gasteiger partial charge in [-0.25, -0.2) is 0 Å². The number of nitrogens with one attached hydrogen (secondary N) is 2. The van der Waals surface area contributed by atoms with E-state index in [2.05, 4.69) is 17.6 Å². The van der Waals surface area contributed by atoms with Crippen LogP contribution in [0.2, 0.25) is 0 Å². The number of unbranched alkanes of at least 4 members (excludes halogenated alkanes) is 1. The minimum Gasteiger partial charge on any atom is -0.493 e. The van der Waals surface area contributed by atoms with Gasteiger partial charge in [0.25, 0.3) is 0 Å². The largest absolute Gasteiger partial charge is 0.493 e. The molecule has 6 nitrogen and oxygen atoms in total. The van der Waals surface area contributed by atoms with Crippen molar-refractivity contribution in [2.45, 2.75) is 37.8 Å². The highest BCUT2D eigenvalue weighted by atomic mass is 16.5. The van der Waals surface area contributed by atoms with E-state index in [4.69, 9.17) is 9.47 Å². The number of hydrogen-bond donors (Lipinski definition) is 2. The molecule has 46 heavy (non-hydrogen) atoms. The van der Waals surface area contributed by atoms with Crippen molar-refractivity contribution in [1.82, 2.24) is 10.6 Å². The average Bonchev–Trinajstić information content (AvgIpc) is 3.10. The lowest BCUT2D eigenvalue weighted by Gasteiger charge is -2.27. The molecule has 0 fully saturated rings. The number of amides is 2. The first kappa shape index (κ1) is 32.0. The Morgan fingerprint density at radius 2 is 0.978 bits per heavy atom. The summed E-state index contributed by atoms with van der Waals surface area (Å²) in [5.41, 5.74) is 4.05. The zero-order valence-corrected chi connectivity index (χ0v) is 26.3. The summed E-state index contributed by atoms with van der Waals surface area (Å²) < 4.78 is 11.7. The number of methoxy groups -OCH3 is 1. The maximum absolute atomic E-state index is 14.3. The zero-order valence-electron chi connectivity index (χ0n) is 26.3. The summed E-state index contributed by atoms with van der Waals surface area (Å²) in [6.07, 6.45) is 0.997. The monoisotopic (exact) mass is 612 g/mol. The van der Waals surface area contributed by atoms with Crippen LogP contribution in [-0.2, 0) is 9.59 Å². The van der Waals surface area contributed by atoms with E-state index in [-0.39, 0.29) is 11.8 Å². The maximum atomic E-state index is 14.3. The van der Waals surface area contributed by atoms with Crippen LogP contribution in [0.3, 0.4) is 0 Å². The smallest absolute Gasteiger partial charge is 0.233 e. The van der Waals surface area contributed by atoms with Crippen molar-refractivity contribution in [1.29, 1.82) is 0 Å². The molecule has 2 amide bonds. The molecule has 0 radical (unpaired) electrons. The Morgan fingerprint density at radius 3 is 1.35 bits per heavy atom. The second-order valence-corrected chi connectivity index (χ2v) is 11.1. The van der Waals surface area contributed by atoms with Crippen LogP contribution >= 0.6 is 0 Å². The van der Waals surface area contributed by atoms with Crippen LogP contribution in [0, 0.1) is 0 Å². The SMILES string of the molecule is CCCCOc1cc(C(NC(=O)C(c2ccccc2)c2ccccc2)NC(=O)C(c2ccccc2)c2ccccc2)ccc1OC. The molecule has 0 unspecified atom stereocenters. The van der Waals surface area contributed by atoms with Gasteiger partial charge in [-0.15, -0.1) is 0 Å². The fraction of sp³-hybridized carbons (Fsp3) is 0.200. The van der Waals surface area contributed by atoms with Gasteiger partial charge in [-0.3, -0.25) is 9.59 Å². The van der Waals surface area contributed by atoms with Crippen LogP contribution < -0.4 is 20.1 Å². The van der Waals surface area contributed by atoms with E-state index in [1.54, 1.807) is 13.2 Å². The second kappa shape index (κ2) is 16.1. The van der Waals surface area contributed by atoms with Gasteiger partial charge in [0.15, 0.2) is 11.5 Å². The molecular formula is C40H40N2O4. The second-order valence-electron chi connectivity index (χ2n) is 11.1. The van der Waals surface area contributed by atoms with E-state index in [1.807, 2.05) is 133 Å². The molecule has 2 N–H and O–H groups in total. The Balaban J connectivity index is 1.54. The lowest BCUT2D eigenvalue weighted by Crippen LogP contribution is -2.44. The molecule has 0 atom stereocenters. The summed E-state index contributed by atoms with van der Waals surface area (Å²) in [6.45, 7) is 2.62. The van der Waals surface area contributed by atoms with Gasteiger partial charge in [0.05, 0.1) is 25.6 Å². The molecule has 0 spiro atoms. The summed E-state index contributed by atoms with van der Waals surface area (Å²) in [7, 11) is 1.59. The molecule has 5 aromatic rings. The van der Waals surface area contributed by atoms with Gasteiger partial charge in [0.2, 0.25) is 11.8 Å². The molecule has 5 aromatic carbocycles. The first-order chi connectivity index (χ1) is 22.6. The van der Waals surface area contributed by atoms with Crippen LogP contribution in [0.15, 0.2) is 140 Å². The van der Waals surface area contributed by atoms with E-state index in [1.165, 1.54) is 0 Å². The van der Waals surface area contributed by atoms with E-state index in [0.717, 1.165) is 35.1 Å². The minimum atomic E-state index is -0.871. The van der Waals surface area contributed by atoms with Crippen LogP contribution in [0.4, 0.5) is 0 Å². The first-order valence-electron chi connectivity index (χ1n) is 15.7. The van der Waals surface area contributed by atoms with Gasteiger partial charge < -0.3 is 20.1 Å². The van der Waals surface area contributed by atoms with Crippen molar-refractivity contribution in [3.63, 3.8) is 0 Å². The Morgan fingerprint density at radius 1 is 0.565 bits per heavy atom.